The number of ether oxygens (including phenoxy) is 2. The first-order valence-corrected chi connectivity index (χ1v) is 11.7. The van der Waals surface area contributed by atoms with Crippen molar-refractivity contribution in [3.05, 3.63) is 23.3 Å². The number of phenolic OH excluding ortho intramolecular Hbond substituents is 1. The van der Waals surface area contributed by atoms with Gasteiger partial charge in [0.25, 0.3) is 0 Å². The summed E-state index contributed by atoms with van der Waals surface area (Å²) in [4.78, 5) is 11.3. The van der Waals surface area contributed by atoms with Crippen LogP contribution in [-0.4, -0.2) is 73.4 Å². The van der Waals surface area contributed by atoms with E-state index >= 15 is 0 Å². The Kier molecular flexibility index (Phi) is 5.61. The van der Waals surface area contributed by atoms with Gasteiger partial charge in [-0.2, -0.15) is 0 Å². The number of aliphatic carboxylic acids is 1. The molecule has 1 heterocycles. The molecule has 9 nitrogen and oxygen atoms in total. The molecular formula is C24H32O9. The van der Waals surface area contributed by atoms with Crippen molar-refractivity contribution in [1.82, 2.24) is 0 Å². The third-order valence-corrected chi connectivity index (χ3v) is 8.81. The summed E-state index contributed by atoms with van der Waals surface area (Å²) in [5, 5.41) is 60.6. The van der Waals surface area contributed by atoms with Crippen LogP contribution < -0.4 is 4.74 Å². The Hall–Kier alpha value is -1.91. The zero-order valence-electron chi connectivity index (χ0n) is 18.5. The van der Waals surface area contributed by atoms with Crippen LogP contribution in [0.3, 0.4) is 0 Å². The van der Waals surface area contributed by atoms with Gasteiger partial charge in [-0.05, 0) is 85.0 Å². The number of rotatable bonds is 3. The van der Waals surface area contributed by atoms with Gasteiger partial charge in [-0.3, -0.25) is 0 Å². The van der Waals surface area contributed by atoms with Crippen LogP contribution >= 0.6 is 0 Å². The third kappa shape index (κ3) is 3.52. The number of phenols is 1. The first-order chi connectivity index (χ1) is 15.6. The van der Waals surface area contributed by atoms with Crippen molar-refractivity contribution in [2.24, 2.45) is 17.3 Å². The first-order valence-electron chi connectivity index (χ1n) is 11.7. The standard InChI is InChI=1S/C24H32O9/c1-24-7-6-11-12(14(24)4-5-17(24)26)3-2-10-8-16(15(25)9-13(10)11)32-23-20(29)18(27)19(28)21(33-23)22(30)31/h8-9,11-12,14,17-21,23,25-29H,2-7H2,1H3,(H,30,31)/t11?,12?,14?,17?,18-,19+,20?,21?,23-,24?/m1/s1. The fraction of sp³-hybridized carbons (Fsp3) is 0.708. The van der Waals surface area contributed by atoms with Gasteiger partial charge in [0.2, 0.25) is 6.29 Å². The maximum Gasteiger partial charge on any atom is 0.335 e. The van der Waals surface area contributed by atoms with Gasteiger partial charge in [0.15, 0.2) is 17.6 Å². The molecule has 3 fully saturated rings. The summed E-state index contributed by atoms with van der Waals surface area (Å²) in [6.07, 6.45) is -3.36. The fourth-order valence-corrected chi connectivity index (χ4v) is 6.93. The zero-order valence-corrected chi connectivity index (χ0v) is 18.5. The third-order valence-electron chi connectivity index (χ3n) is 8.81. The van der Waals surface area contributed by atoms with Crippen LogP contribution in [0.2, 0.25) is 0 Å². The first kappa shape index (κ1) is 22.9. The van der Waals surface area contributed by atoms with E-state index in [1.165, 1.54) is 0 Å². The van der Waals surface area contributed by atoms with Crippen LogP contribution in [0.15, 0.2) is 12.1 Å². The summed E-state index contributed by atoms with van der Waals surface area (Å²) >= 11 is 0. The Morgan fingerprint density at radius 1 is 1.06 bits per heavy atom. The van der Waals surface area contributed by atoms with Gasteiger partial charge in [0.05, 0.1) is 6.10 Å². The molecule has 9 heteroatoms. The van der Waals surface area contributed by atoms with Crippen molar-refractivity contribution in [3.63, 3.8) is 0 Å². The van der Waals surface area contributed by atoms with E-state index in [0.29, 0.717) is 17.8 Å². The van der Waals surface area contributed by atoms with E-state index in [9.17, 15) is 35.4 Å². The molecule has 7 unspecified atom stereocenters. The Morgan fingerprint density at radius 2 is 1.82 bits per heavy atom. The monoisotopic (exact) mass is 464 g/mol. The number of benzene rings is 1. The minimum atomic E-state index is -1.81. The van der Waals surface area contributed by atoms with Gasteiger partial charge in [-0.25, -0.2) is 4.79 Å². The maximum atomic E-state index is 11.3. The van der Waals surface area contributed by atoms with Crippen LogP contribution in [0.4, 0.5) is 0 Å². The van der Waals surface area contributed by atoms with E-state index in [1.807, 2.05) is 0 Å². The molecule has 10 atom stereocenters. The molecule has 1 aromatic carbocycles. The average molecular weight is 465 g/mol. The number of fused-ring (bicyclic) bond motifs is 5. The lowest BCUT2D eigenvalue weighted by molar-refractivity contribution is -0.271. The fourth-order valence-electron chi connectivity index (χ4n) is 6.93. The van der Waals surface area contributed by atoms with Crippen molar-refractivity contribution in [2.45, 2.75) is 88.2 Å². The number of carboxylic acids is 1. The molecule has 5 rings (SSSR count). The number of hydrogen-bond donors (Lipinski definition) is 6. The topological polar surface area (TPSA) is 157 Å². The van der Waals surface area contributed by atoms with Gasteiger partial charge in [-0.1, -0.05) is 6.92 Å². The van der Waals surface area contributed by atoms with E-state index < -0.39 is 36.7 Å². The smallest absolute Gasteiger partial charge is 0.335 e. The van der Waals surface area contributed by atoms with E-state index in [-0.39, 0.29) is 23.0 Å². The maximum absolute atomic E-state index is 11.3. The molecule has 0 bridgehead atoms. The lowest BCUT2D eigenvalue weighted by Gasteiger charge is -2.50. The minimum absolute atomic E-state index is 0.0286. The summed E-state index contributed by atoms with van der Waals surface area (Å²) in [6, 6.07) is 3.38. The summed E-state index contributed by atoms with van der Waals surface area (Å²) in [6.45, 7) is 2.21. The normalized spacial score (nSPS) is 44.5. The second kappa shape index (κ2) is 8.09. The van der Waals surface area contributed by atoms with Crippen molar-refractivity contribution in [2.75, 3.05) is 0 Å². The van der Waals surface area contributed by atoms with Crippen LogP contribution in [0.25, 0.3) is 0 Å². The predicted octanol–water partition coefficient (Wildman–Crippen LogP) is 0.880. The molecule has 1 aliphatic heterocycles. The van der Waals surface area contributed by atoms with Gasteiger partial charge in [0, 0.05) is 0 Å². The second-order valence-electron chi connectivity index (χ2n) is 10.4. The molecule has 1 aromatic rings. The predicted molar refractivity (Wildman–Crippen MR) is 114 cm³/mol. The Morgan fingerprint density at radius 3 is 2.55 bits per heavy atom. The molecule has 33 heavy (non-hydrogen) atoms. The van der Waals surface area contributed by atoms with Crippen LogP contribution in [0, 0.1) is 17.3 Å². The van der Waals surface area contributed by atoms with Gasteiger partial charge in [0.1, 0.15) is 18.3 Å². The molecule has 182 valence electrons. The Balaban J connectivity index is 1.39. The van der Waals surface area contributed by atoms with Crippen molar-refractivity contribution in [1.29, 1.82) is 0 Å². The molecule has 0 aromatic heterocycles. The molecule has 0 spiro atoms. The quantitative estimate of drug-likeness (QED) is 0.382. The van der Waals surface area contributed by atoms with E-state index in [2.05, 4.69) is 6.92 Å². The van der Waals surface area contributed by atoms with E-state index in [4.69, 9.17) is 9.47 Å². The lowest BCUT2D eigenvalue weighted by atomic mass is 9.55. The number of aliphatic hydroxyl groups excluding tert-OH is 4. The van der Waals surface area contributed by atoms with Gasteiger partial charge in [-0.15, -0.1) is 0 Å². The van der Waals surface area contributed by atoms with Crippen molar-refractivity contribution in [3.8, 4) is 11.5 Å². The minimum Gasteiger partial charge on any atom is -0.504 e. The highest BCUT2D eigenvalue weighted by molar-refractivity contribution is 5.73. The number of carboxylic acid groups (broad SMARTS) is 1. The van der Waals surface area contributed by atoms with Crippen LogP contribution in [0.5, 0.6) is 11.5 Å². The highest BCUT2D eigenvalue weighted by Gasteiger charge is 2.54. The number of aliphatic hydroxyl groups is 4. The largest absolute Gasteiger partial charge is 0.504 e. The average Bonchev–Trinajstić information content (AvgIpc) is 3.08. The molecule has 3 aliphatic carbocycles. The number of aryl methyl sites for hydroxylation is 1. The Labute approximate surface area is 191 Å². The molecule has 0 radical (unpaired) electrons. The summed E-state index contributed by atoms with van der Waals surface area (Å²) < 4.78 is 10.8. The Bertz CT molecular complexity index is 935. The molecule has 4 aliphatic rings. The van der Waals surface area contributed by atoms with Crippen molar-refractivity contribution < 1.29 is 44.9 Å². The lowest BCUT2D eigenvalue weighted by Crippen LogP contribution is -2.61. The zero-order chi connectivity index (χ0) is 23.7. The summed E-state index contributed by atoms with van der Waals surface area (Å²) in [5.41, 5.74) is 2.06. The number of hydrogen-bond acceptors (Lipinski definition) is 8. The SMILES string of the molecule is CC12CCC3c4cc(O)c(O[C@@H]5OC(C(=O)O)[C@@H](O)[C@@H](O)C5O)cc4CCC3C1CCC2O. The van der Waals surface area contributed by atoms with E-state index in [1.54, 1.807) is 12.1 Å². The van der Waals surface area contributed by atoms with Crippen molar-refractivity contribution >= 4 is 5.97 Å². The van der Waals surface area contributed by atoms with Gasteiger partial charge < -0.3 is 40.1 Å². The molecular weight excluding hydrogens is 432 g/mol. The number of carbonyl (C=O) groups is 1. The highest BCUT2D eigenvalue weighted by Crippen LogP contribution is 2.61. The molecule has 1 saturated heterocycles. The second-order valence-corrected chi connectivity index (χ2v) is 10.4. The molecule has 0 amide bonds. The number of aromatic hydroxyl groups is 1. The van der Waals surface area contributed by atoms with Crippen LogP contribution in [0.1, 0.15) is 56.1 Å². The molecule has 6 N–H and O–H groups in total. The van der Waals surface area contributed by atoms with Gasteiger partial charge >= 0.3 is 5.97 Å². The molecule has 2 saturated carbocycles. The highest BCUT2D eigenvalue weighted by atomic mass is 16.7. The van der Waals surface area contributed by atoms with E-state index in [0.717, 1.165) is 49.7 Å². The van der Waals surface area contributed by atoms with Crippen LogP contribution in [-0.2, 0) is 16.0 Å². The summed E-state index contributed by atoms with van der Waals surface area (Å²) in [7, 11) is 0. The summed E-state index contributed by atoms with van der Waals surface area (Å²) in [5.74, 6) is -0.412.